The van der Waals surface area contributed by atoms with Crippen molar-refractivity contribution in [3.05, 3.63) is 34.3 Å². The van der Waals surface area contributed by atoms with Crippen molar-refractivity contribution in [2.24, 2.45) is 13.0 Å². The van der Waals surface area contributed by atoms with Crippen LogP contribution in [-0.2, 0) is 18.3 Å². The summed E-state index contributed by atoms with van der Waals surface area (Å²) in [6.07, 6.45) is 3.95. The molecule has 5 heteroatoms. The number of carbonyl (C=O) groups excluding carboxylic acids is 1. The van der Waals surface area contributed by atoms with Gasteiger partial charge in [0.15, 0.2) is 5.58 Å². The zero-order valence-electron chi connectivity index (χ0n) is 11.5. The Balaban J connectivity index is 1.62. The molecule has 0 radical (unpaired) electrons. The molecule has 0 aliphatic heterocycles. The van der Waals surface area contributed by atoms with Crippen LogP contribution in [0, 0.1) is 5.92 Å². The van der Waals surface area contributed by atoms with E-state index in [4.69, 9.17) is 4.42 Å². The third-order valence-electron chi connectivity index (χ3n) is 4.05. The minimum Gasteiger partial charge on any atom is -0.408 e. The summed E-state index contributed by atoms with van der Waals surface area (Å²) in [5.41, 5.74) is 2.44. The molecule has 0 bridgehead atoms. The van der Waals surface area contributed by atoms with E-state index in [0.717, 1.165) is 30.3 Å². The Kier molecular flexibility index (Phi) is 3.34. The Hall–Kier alpha value is -2.04. The van der Waals surface area contributed by atoms with Gasteiger partial charge in [0.2, 0.25) is 5.91 Å². The van der Waals surface area contributed by atoms with Gasteiger partial charge in [-0.3, -0.25) is 9.36 Å². The number of nitrogens with zero attached hydrogens (tertiary/aromatic N) is 1. The first kappa shape index (κ1) is 13.0. The lowest BCUT2D eigenvalue weighted by Gasteiger charge is -2.23. The van der Waals surface area contributed by atoms with Crippen molar-refractivity contribution in [1.82, 2.24) is 9.88 Å². The second-order valence-electron chi connectivity index (χ2n) is 5.40. The first-order valence-corrected chi connectivity index (χ1v) is 7.01. The SMILES string of the molecule is Cn1c(=O)oc2cc(CCNC(=O)C3CCC3)ccc21. The van der Waals surface area contributed by atoms with E-state index in [1.807, 2.05) is 18.2 Å². The summed E-state index contributed by atoms with van der Waals surface area (Å²) in [4.78, 5) is 23.1. The summed E-state index contributed by atoms with van der Waals surface area (Å²) in [5.74, 6) is 0.0450. The number of carbonyl (C=O) groups is 1. The first-order chi connectivity index (χ1) is 9.65. The van der Waals surface area contributed by atoms with Crippen LogP contribution in [0.15, 0.2) is 27.4 Å². The molecular weight excluding hydrogens is 256 g/mol. The van der Waals surface area contributed by atoms with Gasteiger partial charge in [0, 0.05) is 19.5 Å². The molecule has 0 saturated heterocycles. The van der Waals surface area contributed by atoms with Crippen LogP contribution in [0.4, 0.5) is 0 Å². The van der Waals surface area contributed by atoms with Gasteiger partial charge in [0.05, 0.1) is 5.52 Å². The highest BCUT2D eigenvalue weighted by Crippen LogP contribution is 2.26. The molecule has 2 aromatic rings. The normalized spacial score (nSPS) is 15.2. The van der Waals surface area contributed by atoms with Crippen LogP contribution in [0.5, 0.6) is 0 Å². The molecular formula is C15H18N2O3. The van der Waals surface area contributed by atoms with Gasteiger partial charge >= 0.3 is 5.76 Å². The first-order valence-electron chi connectivity index (χ1n) is 7.01. The fourth-order valence-electron chi connectivity index (χ4n) is 2.48. The number of rotatable bonds is 4. The summed E-state index contributed by atoms with van der Waals surface area (Å²) in [7, 11) is 1.69. The van der Waals surface area contributed by atoms with E-state index in [-0.39, 0.29) is 17.6 Å². The van der Waals surface area contributed by atoms with E-state index in [1.165, 1.54) is 11.0 Å². The molecule has 0 unspecified atom stereocenters. The number of hydrogen-bond acceptors (Lipinski definition) is 3. The van der Waals surface area contributed by atoms with Gasteiger partial charge in [-0.15, -0.1) is 0 Å². The predicted octanol–water partition coefficient (Wildman–Crippen LogP) is 1.59. The van der Waals surface area contributed by atoms with Gasteiger partial charge in [-0.05, 0) is 37.0 Å². The van der Waals surface area contributed by atoms with Crippen LogP contribution >= 0.6 is 0 Å². The average molecular weight is 274 g/mol. The standard InChI is InChI=1S/C15H18N2O3/c1-17-12-6-5-10(9-13(12)20-15(17)19)7-8-16-14(18)11-3-2-4-11/h5-6,9,11H,2-4,7-8H2,1H3,(H,16,18). The Morgan fingerprint density at radius 3 is 2.95 bits per heavy atom. The molecule has 0 atom stereocenters. The van der Waals surface area contributed by atoms with Crippen molar-refractivity contribution >= 4 is 17.0 Å². The molecule has 1 aliphatic carbocycles. The highest BCUT2D eigenvalue weighted by molar-refractivity contribution is 5.79. The number of nitrogens with one attached hydrogen (secondary N) is 1. The van der Waals surface area contributed by atoms with Crippen LogP contribution in [0.25, 0.3) is 11.1 Å². The molecule has 5 nitrogen and oxygen atoms in total. The van der Waals surface area contributed by atoms with Crippen LogP contribution in [0.3, 0.4) is 0 Å². The lowest BCUT2D eigenvalue weighted by atomic mass is 9.85. The number of aryl methyl sites for hydroxylation is 1. The minimum absolute atomic E-state index is 0.170. The van der Waals surface area contributed by atoms with Crippen molar-refractivity contribution in [3.8, 4) is 0 Å². The Labute approximate surface area is 116 Å². The smallest absolute Gasteiger partial charge is 0.408 e. The molecule has 1 saturated carbocycles. The molecule has 3 rings (SSSR count). The molecule has 1 amide bonds. The number of aromatic nitrogens is 1. The second-order valence-corrected chi connectivity index (χ2v) is 5.40. The van der Waals surface area contributed by atoms with Crippen LogP contribution in [0.2, 0.25) is 0 Å². The molecule has 1 fully saturated rings. The van der Waals surface area contributed by atoms with Gasteiger partial charge in [-0.2, -0.15) is 0 Å². The van der Waals surface area contributed by atoms with E-state index >= 15 is 0 Å². The van der Waals surface area contributed by atoms with Gasteiger partial charge in [0.1, 0.15) is 0 Å². The van der Waals surface area contributed by atoms with Crippen LogP contribution in [0.1, 0.15) is 24.8 Å². The lowest BCUT2D eigenvalue weighted by Crippen LogP contribution is -2.35. The van der Waals surface area contributed by atoms with Crippen LogP contribution < -0.4 is 11.1 Å². The Morgan fingerprint density at radius 1 is 1.45 bits per heavy atom. The maximum absolute atomic E-state index is 11.7. The highest BCUT2D eigenvalue weighted by atomic mass is 16.4. The molecule has 0 spiro atoms. The van der Waals surface area contributed by atoms with Crippen molar-refractivity contribution in [2.75, 3.05) is 6.54 Å². The molecule has 1 heterocycles. The molecule has 106 valence electrons. The summed E-state index contributed by atoms with van der Waals surface area (Å²) in [5, 5.41) is 2.96. The van der Waals surface area contributed by atoms with Gasteiger partial charge in [-0.25, -0.2) is 4.79 Å². The average Bonchev–Trinajstić information content (AvgIpc) is 2.62. The van der Waals surface area contributed by atoms with Gasteiger partial charge < -0.3 is 9.73 Å². The fraction of sp³-hybridized carbons (Fsp3) is 0.467. The third-order valence-corrected chi connectivity index (χ3v) is 4.05. The zero-order valence-corrected chi connectivity index (χ0v) is 11.5. The minimum atomic E-state index is -0.351. The van der Waals surface area contributed by atoms with Crippen molar-refractivity contribution in [3.63, 3.8) is 0 Å². The van der Waals surface area contributed by atoms with E-state index in [0.29, 0.717) is 12.1 Å². The predicted molar refractivity (Wildman–Crippen MR) is 75.5 cm³/mol. The highest BCUT2D eigenvalue weighted by Gasteiger charge is 2.24. The largest absolute Gasteiger partial charge is 0.419 e. The second kappa shape index (κ2) is 5.15. The topological polar surface area (TPSA) is 64.2 Å². The Bertz CT molecular complexity index is 695. The van der Waals surface area contributed by atoms with E-state index in [2.05, 4.69) is 5.32 Å². The number of oxazole rings is 1. The number of fused-ring (bicyclic) bond motifs is 1. The molecule has 1 aromatic heterocycles. The summed E-state index contributed by atoms with van der Waals surface area (Å²) in [6, 6.07) is 5.71. The van der Waals surface area contributed by atoms with E-state index in [1.54, 1.807) is 7.05 Å². The number of benzene rings is 1. The Morgan fingerprint density at radius 2 is 2.25 bits per heavy atom. The molecule has 1 N–H and O–H groups in total. The lowest BCUT2D eigenvalue weighted by molar-refractivity contribution is -0.127. The summed E-state index contributed by atoms with van der Waals surface area (Å²) in [6.45, 7) is 0.623. The molecule has 1 aromatic carbocycles. The maximum Gasteiger partial charge on any atom is 0.419 e. The zero-order chi connectivity index (χ0) is 14.1. The van der Waals surface area contributed by atoms with Crippen molar-refractivity contribution in [1.29, 1.82) is 0 Å². The maximum atomic E-state index is 11.7. The number of amides is 1. The van der Waals surface area contributed by atoms with Gasteiger partial charge in [0.25, 0.3) is 0 Å². The van der Waals surface area contributed by atoms with E-state index < -0.39 is 0 Å². The quantitative estimate of drug-likeness (QED) is 0.920. The molecule has 20 heavy (non-hydrogen) atoms. The third kappa shape index (κ3) is 2.35. The van der Waals surface area contributed by atoms with Gasteiger partial charge in [-0.1, -0.05) is 12.5 Å². The summed E-state index contributed by atoms with van der Waals surface area (Å²) >= 11 is 0. The van der Waals surface area contributed by atoms with E-state index in [9.17, 15) is 9.59 Å². The molecule has 1 aliphatic rings. The monoisotopic (exact) mass is 274 g/mol. The van der Waals surface area contributed by atoms with Crippen molar-refractivity contribution < 1.29 is 9.21 Å². The summed E-state index contributed by atoms with van der Waals surface area (Å²) < 4.78 is 6.64. The number of hydrogen-bond donors (Lipinski definition) is 1. The fourth-order valence-corrected chi connectivity index (χ4v) is 2.48. The van der Waals surface area contributed by atoms with Crippen LogP contribution in [-0.4, -0.2) is 17.0 Å². The van der Waals surface area contributed by atoms with Crippen molar-refractivity contribution in [2.45, 2.75) is 25.7 Å².